The molecule has 0 aliphatic carbocycles. The van der Waals surface area contributed by atoms with E-state index in [1.165, 1.54) is 13.2 Å². The second-order valence-corrected chi connectivity index (χ2v) is 4.45. The average molecular weight is 274 g/mol. The number of anilines is 1. The molecular formula is C15H15FN2O2. The molecule has 2 aromatic rings. The molecule has 0 unspecified atom stereocenters. The molecule has 20 heavy (non-hydrogen) atoms. The number of hydrogen-bond donors (Lipinski definition) is 2. The highest BCUT2D eigenvalue weighted by Gasteiger charge is 2.12. The summed E-state index contributed by atoms with van der Waals surface area (Å²) in [5.41, 5.74) is 14.0. The van der Waals surface area contributed by atoms with Gasteiger partial charge in [0.15, 0.2) is 11.6 Å². The Morgan fingerprint density at radius 1 is 1.20 bits per heavy atom. The molecule has 0 atom stereocenters. The Balaban J connectivity index is 2.61. The van der Waals surface area contributed by atoms with Crippen molar-refractivity contribution < 1.29 is 13.9 Å². The maximum atomic E-state index is 13.4. The molecular weight excluding hydrogens is 259 g/mol. The number of methoxy groups -OCH3 is 1. The molecule has 4 N–H and O–H groups in total. The minimum Gasteiger partial charge on any atom is -0.494 e. The van der Waals surface area contributed by atoms with Crippen molar-refractivity contribution in [3.05, 3.63) is 47.3 Å². The normalized spacial score (nSPS) is 10.3. The number of halogens is 1. The summed E-state index contributed by atoms with van der Waals surface area (Å²) >= 11 is 0. The largest absolute Gasteiger partial charge is 0.494 e. The maximum absolute atomic E-state index is 13.4. The van der Waals surface area contributed by atoms with Crippen LogP contribution >= 0.6 is 0 Å². The van der Waals surface area contributed by atoms with Crippen molar-refractivity contribution in [2.24, 2.45) is 5.73 Å². The number of carbonyl (C=O) groups excluding carboxylic acids is 1. The highest BCUT2D eigenvalue weighted by molar-refractivity contribution is 5.97. The van der Waals surface area contributed by atoms with Crippen LogP contribution in [-0.2, 0) is 0 Å². The molecule has 0 spiro atoms. The number of carbonyl (C=O) groups is 1. The predicted molar refractivity (Wildman–Crippen MR) is 76.1 cm³/mol. The Kier molecular flexibility index (Phi) is 3.61. The van der Waals surface area contributed by atoms with Crippen LogP contribution in [0.25, 0.3) is 11.1 Å². The van der Waals surface area contributed by atoms with E-state index >= 15 is 0 Å². The van der Waals surface area contributed by atoms with Gasteiger partial charge in [0.1, 0.15) is 0 Å². The van der Waals surface area contributed by atoms with Crippen LogP contribution in [0, 0.1) is 12.7 Å². The second-order valence-electron chi connectivity index (χ2n) is 4.45. The van der Waals surface area contributed by atoms with E-state index in [2.05, 4.69) is 0 Å². The Labute approximate surface area is 116 Å². The van der Waals surface area contributed by atoms with Gasteiger partial charge in [-0.05, 0) is 47.9 Å². The monoisotopic (exact) mass is 274 g/mol. The van der Waals surface area contributed by atoms with Crippen LogP contribution < -0.4 is 16.2 Å². The number of rotatable bonds is 3. The van der Waals surface area contributed by atoms with Gasteiger partial charge >= 0.3 is 0 Å². The minimum atomic E-state index is -0.551. The van der Waals surface area contributed by atoms with Crippen molar-refractivity contribution in [3.8, 4) is 16.9 Å². The summed E-state index contributed by atoms with van der Waals surface area (Å²) in [6, 6.07) is 7.79. The summed E-state index contributed by atoms with van der Waals surface area (Å²) in [4.78, 5) is 11.4. The molecule has 0 heterocycles. The third-order valence-corrected chi connectivity index (χ3v) is 3.20. The van der Waals surface area contributed by atoms with Gasteiger partial charge in [0.25, 0.3) is 0 Å². The molecule has 0 saturated heterocycles. The van der Waals surface area contributed by atoms with Crippen molar-refractivity contribution in [3.63, 3.8) is 0 Å². The van der Waals surface area contributed by atoms with Gasteiger partial charge in [-0.15, -0.1) is 0 Å². The number of ether oxygens (including phenoxy) is 1. The first-order valence-corrected chi connectivity index (χ1v) is 5.98. The topological polar surface area (TPSA) is 78.3 Å². The lowest BCUT2D eigenvalue weighted by molar-refractivity contribution is 0.1000. The number of nitrogen functional groups attached to an aromatic ring is 1. The summed E-state index contributed by atoms with van der Waals surface area (Å²) in [7, 11) is 1.39. The standard InChI is InChI=1S/C15H15FN2O2/c1-8-11(15(18)19)5-10(6-13(8)17)9-3-4-12(16)14(7-9)20-2/h3-7H,17H2,1-2H3,(H2,18,19). The summed E-state index contributed by atoms with van der Waals surface area (Å²) < 4.78 is 18.4. The number of hydrogen-bond acceptors (Lipinski definition) is 3. The lowest BCUT2D eigenvalue weighted by Gasteiger charge is -2.11. The molecule has 1 amide bonds. The van der Waals surface area contributed by atoms with Crippen LogP contribution in [0.3, 0.4) is 0 Å². The van der Waals surface area contributed by atoms with Crippen molar-refractivity contribution in [1.82, 2.24) is 0 Å². The highest BCUT2D eigenvalue weighted by atomic mass is 19.1. The molecule has 0 bridgehead atoms. The van der Waals surface area contributed by atoms with E-state index in [1.807, 2.05) is 0 Å². The molecule has 0 aliphatic rings. The zero-order chi connectivity index (χ0) is 14.9. The third-order valence-electron chi connectivity index (χ3n) is 3.20. The molecule has 0 fully saturated rings. The summed E-state index contributed by atoms with van der Waals surface area (Å²) in [6.07, 6.45) is 0. The van der Waals surface area contributed by atoms with Gasteiger partial charge in [0, 0.05) is 11.3 Å². The lowest BCUT2D eigenvalue weighted by atomic mass is 9.97. The van der Waals surface area contributed by atoms with E-state index in [-0.39, 0.29) is 5.75 Å². The van der Waals surface area contributed by atoms with Gasteiger partial charge in [0.05, 0.1) is 7.11 Å². The summed E-state index contributed by atoms with van der Waals surface area (Å²) in [6.45, 7) is 1.73. The SMILES string of the molecule is COc1cc(-c2cc(N)c(C)c(C(N)=O)c2)ccc1F. The fraction of sp³-hybridized carbons (Fsp3) is 0.133. The highest BCUT2D eigenvalue weighted by Crippen LogP contribution is 2.30. The summed E-state index contributed by atoms with van der Waals surface area (Å²) in [5, 5.41) is 0. The van der Waals surface area contributed by atoms with E-state index in [1.54, 1.807) is 31.2 Å². The molecule has 4 nitrogen and oxygen atoms in total. The number of benzene rings is 2. The van der Waals surface area contributed by atoms with Crippen LogP contribution in [-0.4, -0.2) is 13.0 Å². The maximum Gasteiger partial charge on any atom is 0.249 e. The van der Waals surface area contributed by atoms with E-state index in [0.717, 1.165) is 0 Å². The van der Waals surface area contributed by atoms with Crippen LogP contribution in [0.15, 0.2) is 30.3 Å². The lowest BCUT2D eigenvalue weighted by Crippen LogP contribution is -2.13. The van der Waals surface area contributed by atoms with Crippen LogP contribution in [0.4, 0.5) is 10.1 Å². The first-order valence-electron chi connectivity index (χ1n) is 5.98. The fourth-order valence-electron chi connectivity index (χ4n) is 2.00. The summed E-state index contributed by atoms with van der Waals surface area (Å²) in [5.74, 6) is -0.876. The quantitative estimate of drug-likeness (QED) is 0.844. The van der Waals surface area contributed by atoms with Gasteiger partial charge in [0.2, 0.25) is 5.91 Å². The molecule has 0 radical (unpaired) electrons. The van der Waals surface area contributed by atoms with E-state index in [9.17, 15) is 9.18 Å². The van der Waals surface area contributed by atoms with E-state index in [4.69, 9.17) is 16.2 Å². The molecule has 0 aromatic heterocycles. The molecule has 0 aliphatic heterocycles. The van der Waals surface area contributed by atoms with Gasteiger partial charge < -0.3 is 16.2 Å². The molecule has 5 heteroatoms. The van der Waals surface area contributed by atoms with E-state index < -0.39 is 11.7 Å². The second kappa shape index (κ2) is 5.21. The number of primary amides is 1. The van der Waals surface area contributed by atoms with Gasteiger partial charge in [-0.3, -0.25) is 4.79 Å². The van der Waals surface area contributed by atoms with Crippen LogP contribution in [0.2, 0.25) is 0 Å². The van der Waals surface area contributed by atoms with Crippen molar-refractivity contribution in [1.29, 1.82) is 0 Å². The molecule has 0 saturated carbocycles. The first-order chi connectivity index (χ1) is 9.43. The van der Waals surface area contributed by atoms with E-state index in [0.29, 0.717) is 27.9 Å². The first kappa shape index (κ1) is 13.9. The number of nitrogens with two attached hydrogens (primary N) is 2. The number of amides is 1. The smallest absolute Gasteiger partial charge is 0.249 e. The van der Waals surface area contributed by atoms with Crippen molar-refractivity contribution >= 4 is 11.6 Å². The van der Waals surface area contributed by atoms with Crippen LogP contribution in [0.1, 0.15) is 15.9 Å². The average Bonchev–Trinajstić information content (AvgIpc) is 2.42. The molecule has 104 valence electrons. The van der Waals surface area contributed by atoms with Gasteiger partial charge in [-0.25, -0.2) is 4.39 Å². The zero-order valence-corrected chi connectivity index (χ0v) is 11.2. The third kappa shape index (κ3) is 2.42. The zero-order valence-electron chi connectivity index (χ0n) is 11.2. The van der Waals surface area contributed by atoms with Gasteiger partial charge in [-0.1, -0.05) is 6.07 Å². The molecule has 2 rings (SSSR count). The Hall–Kier alpha value is -2.56. The van der Waals surface area contributed by atoms with Crippen molar-refractivity contribution in [2.45, 2.75) is 6.92 Å². The Bertz CT molecular complexity index is 684. The van der Waals surface area contributed by atoms with Crippen molar-refractivity contribution in [2.75, 3.05) is 12.8 Å². The fourth-order valence-corrected chi connectivity index (χ4v) is 2.00. The van der Waals surface area contributed by atoms with Gasteiger partial charge in [-0.2, -0.15) is 0 Å². The Morgan fingerprint density at radius 2 is 1.90 bits per heavy atom. The predicted octanol–water partition coefficient (Wildman–Crippen LogP) is 2.49. The van der Waals surface area contributed by atoms with Crippen LogP contribution in [0.5, 0.6) is 5.75 Å². The minimum absolute atomic E-state index is 0.127. The molecule has 2 aromatic carbocycles. The Morgan fingerprint density at radius 3 is 2.50 bits per heavy atom.